The maximum atomic E-state index is 9.02. The molecule has 0 saturated carbocycles. The molecule has 1 atom stereocenters. The molecule has 0 aliphatic heterocycles. The minimum Gasteiger partial charge on any atom is -0.411 e. The molecule has 0 rings (SSSR count). The van der Waals surface area contributed by atoms with Crippen LogP contribution in [0.15, 0.2) is 17.8 Å². The summed E-state index contributed by atoms with van der Waals surface area (Å²) >= 11 is 0. The van der Waals surface area contributed by atoms with E-state index in [1.165, 1.54) is 0 Å². The zero-order valence-electron chi connectivity index (χ0n) is 9.39. The Balaban J connectivity index is 5.05. The highest BCUT2D eigenvalue weighted by Gasteiger charge is 2.34. The lowest BCUT2D eigenvalue weighted by Crippen LogP contribution is -2.33. The maximum Gasteiger partial charge on any atom is 0.0686 e. The second-order valence-corrected chi connectivity index (χ2v) is 6.82. The summed E-state index contributed by atoms with van der Waals surface area (Å²) in [6.45, 7) is 12.1. The van der Waals surface area contributed by atoms with E-state index in [0.29, 0.717) is 0 Å². The van der Waals surface area contributed by atoms with Crippen LogP contribution in [0, 0.1) is 5.41 Å². The fourth-order valence-electron chi connectivity index (χ4n) is 1.40. The quantitative estimate of drug-likeness (QED) is 0.243. The van der Waals surface area contributed by atoms with Gasteiger partial charge in [0.1, 0.15) is 0 Å². The molecular formula is C10H21NOSi. The Hall–Kier alpha value is -0.573. The molecule has 0 heterocycles. The van der Waals surface area contributed by atoms with Gasteiger partial charge in [0.2, 0.25) is 0 Å². The SMILES string of the molecule is C=CC(C)(C)C(=NO)C(C)([SiH3])CC. The highest BCUT2D eigenvalue weighted by molar-refractivity contribution is 6.30. The number of allylic oxidation sites excluding steroid dienone is 1. The normalized spacial score (nSPS) is 18.3. The molecule has 0 bridgehead atoms. The van der Waals surface area contributed by atoms with Gasteiger partial charge in [0.05, 0.1) is 5.71 Å². The highest BCUT2D eigenvalue weighted by Crippen LogP contribution is 2.37. The first-order valence-corrected chi connectivity index (χ1v) is 5.68. The molecule has 2 nitrogen and oxygen atoms in total. The number of hydrogen-bond acceptors (Lipinski definition) is 2. The Morgan fingerprint density at radius 1 is 1.54 bits per heavy atom. The van der Waals surface area contributed by atoms with Crippen LogP contribution in [0.2, 0.25) is 5.04 Å². The van der Waals surface area contributed by atoms with E-state index in [0.717, 1.165) is 22.4 Å². The molecular weight excluding hydrogens is 178 g/mol. The third-order valence-corrected chi connectivity index (χ3v) is 3.93. The Bertz CT molecular complexity index is 219. The van der Waals surface area contributed by atoms with E-state index < -0.39 is 0 Å². The molecule has 0 radical (unpaired) electrons. The molecule has 0 aliphatic carbocycles. The van der Waals surface area contributed by atoms with E-state index in [4.69, 9.17) is 5.21 Å². The average molecular weight is 199 g/mol. The lowest BCUT2D eigenvalue weighted by atomic mass is 9.79. The van der Waals surface area contributed by atoms with Crippen LogP contribution in [-0.4, -0.2) is 21.2 Å². The molecule has 0 aromatic rings. The molecule has 0 fully saturated rings. The summed E-state index contributed by atoms with van der Waals surface area (Å²) in [6.07, 6.45) is 2.85. The summed E-state index contributed by atoms with van der Waals surface area (Å²) in [7, 11) is 0.989. The van der Waals surface area contributed by atoms with Crippen molar-refractivity contribution in [1.82, 2.24) is 0 Å². The van der Waals surface area contributed by atoms with Gasteiger partial charge in [-0.1, -0.05) is 38.9 Å². The third kappa shape index (κ3) is 2.69. The van der Waals surface area contributed by atoms with Crippen molar-refractivity contribution in [3.8, 4) is 0 Å². The first kappa shape index (κ1) is 12.4. The van der Waals surface area contributed by atoms with Crippen molar-refractivity contribution in [2.24, 2.45) is 10.6 Å². The van der Waals surface area contributed by atoms with Gasteiger partial charge in [-0.15, -0.1) is 6.58 Å². The fraction of sp³-hybridized carbons (Fsp3) is 0.700. The van der Waals surface area contributed by atoms with Gasteiger partial charge in [0.25, 0.3) is 0 Å². The summed E-state index contributed by atoms with van der Waals surface area (Å²) in [5.41, 5.74) is 0.644. The number of hydrogen-bond donors (Lipinski definition) is 1. The molecule has 1 unspecified atom stereocenters. The Labute approximate surface area is 84.1 Å². The van der Waals surface area contributed by atoms with E-state index >= 15 is 0 Å². The molecule has 76 valence electrons. The lowest BCUT2D eigenvalue weighted by molar-refractivity contribution is 0.308. The van der Waals surface area contributed by atoms with Crippen LogP contribution in [0.5, 0.6) is 0 Å². The minimum atomic E-state index is -0.207. The summed E-state index contributed by atoms with van der Waals surface area (Å²) in [6, 6.07) is 0. The van der Waals surface area contributed by atoms with E-state index in [-0.39, 0.29) is 10.5 Å². The molecule has 13 heavy (non-hydrogen) atoms. The Morgan fingerprint density at radius 3 is 2.23 bits per heavy atom. The van der Waals surface area contributed by atoms with Gasteiger partial charge < -0.3 is 5.21 Å². The van der Waals surface area contributed by atoms with Crippen LogP contribution in [0.1, 0.15) is 34.1 Å². The Kier molecular flexibility index (Phi) is 3.91. The molecule has 0 aromatic carbocycles. The first-order valence-electron chi connectivity index (χ1n) is 4.68. The van der Waals surface area contributed by atoms with Gasteiger partial charge in [-0.3, -0.25) is 0 Å². The van der Waals surface area contributed by atoms with Crippen molar-refractivity contribution in [2.75, 3.05) is 0 Å². The minimum absolute atomic E-state index is 0.0619. The first-order chi connectivity index (χ1) is 5.81. The standard InChI is InChI=1S/C10H21NOSi/c1-6-9(3,4)8(11-12)10(5,13)7-2/h6,12H,1,7H2,2-5,13H3. The van der Waals surface area contributed by atoms with Crippen LogP contribution in [0.3, 0.4) is 0 Å². The number of rotatable bonds is 4. The second-order valence-electron chi connectivity index (χ2n) is 4.61. The van der Waals surface area contributed by atoms with Gasteiger partial charge in [-0.2, -0.15) is 0 Å². The molecule has 0 spiro atoms. The zero-order valence-corrected chi connectivity index (χ0v) is 11.4. The summed E-state index contributed by atoms with van der Waals surface area (Å²) in [5, 5.41) is 12.5. The van der Waals surface area contributed by atoms with E-state index in [1.54, 1.807) is 0 Å². The lowest BCUT2D eigenvalue weighted by Gasteiger charge is -2.33. The molecule has 0 aromatic heterocycles. The number of oxime groups is 1. The van der Waals surface area contributed by atoms with E-state index in [1.807, 2.05) is 19.9 Å². The topological polar surface area (TPSA) is 32.6 Å². The average Bonchev–Trinajstić information content (AvgIpc) is 2.05. The molecule has 0 amide bonds. The highest BCUT2D eigenvalue weighted by atomic mass is 28.1. The largest absolute Gasteiger partial charge is 0.411 e. The predicted molar refractivity (Wildman–Crippen MR) is 61.8 cm³/mol. The van der Waals surface area contributed by atoms with Gasteiger partial charge in [0.15, 0.2) is 0 Å². The van der Waals surface area contributed by atoms with E-state index in [9.17, 15) is 0 Å². The van der Waals surface area contributed by atoms with E-state index in [2.05, 4.69) is 25.6 Å². The predicted octanol–water partition coefficient (Wildman–Crippen LogP) is 1.98. The Morgan fingerprint density at radius 2 is 2.00 bits per heavy atom. The van der Waals surface area contributed by atoms with Crippen molar-refractivity contribution in [3.05, 3.63) is 12.7 Å². The monoisotopic (exact) mass is 199 g/mol. The molecule has 0 saturated heterocycles. The second kappa shape index (κ2) is 4.09. The zero-order chi connectivity index (χ0) is 10.7. The molecule has 3 heteroatoms. The van der Waals surface area contributed by atoms with Crippen molar-refractivity contribution in [3.63, 3.8) is 0 Å². The molecule has 1 N–H and O–H groups in total. The van der Waals surface area contributed by atoms with Crippen molar-refractivity contribution in [1.29, 1.82) is 0 Å². The van der Waals surface area contributed by atoms with Gasteiger partial charge in [-0.05, 0) is 11.5 Å². The van der Waals surface area contributed by atoms with Crippen LogP contribution in [0.25, 0.3) is 0 Å². The van der Waals surface area contributed by atoms with Gasteiger partial charge in [-0.25, -0.2) is 0 Å². The van der Waals surface area contributed by atoms with Crippen LogP contribution >= 0.6 is 0 Å². The third-order valence-electron chi connectivity index (χ3n) is 2.75. The smallest absolute Gasteiger partial charge is 0.0686 e. The summed E-state index contributed by atoms with van der Waals surface area (Å²) in [4.78, 5) is 0. The maximum absolute atomic E-state index is 9.02. The molecule has 0 aliphatic rings. The van der Waals surface area contributed by atoms with Gasteiger partial charge in [0, 0.05) is 15.7 Å². The van der Waals surface area contributed by atoms with Crippen LogP contribution < -0.4 is 0 Å². The summed E-state index contributed by atoms with van der Waals surface area (Å²) < 4.78 is 0. The number of nitrogens with zero attached hydrogens (tertiary/aromatic N) is 1. The van der Waals surface area contributed by atoms with Crippen molar-refractivity contribution in [2.45, 2.75) is 39.2 Å². The fourth-order valence-corrected chi connectivity index (χ4v) is 2.14. The van der Waals surface area contributed by atoms with Crippen molar-refractivity contribution < 1.29 is 5.21 Å². The van der Waals surface area contributed by atoms with Crippen LogP contribution in [0.4, 0.5) is 0 Å². The van der Waals surface area contributed by atoms with Crippen molar-refractivity contribution >= 4 is 16.0 Å². The summed E-state index contributed by atoms with van der Waals surface area (Å²) in [5.74, 6) is 0. The van der Waals surface area contributed by atoms with Crippen LogP contribution in [-0.2, 0) is 0 Å². The van der Waals surface area contributed by atoms with Gasteiger partial charge >= 0.3 is 0 Å².